The average molecular weight is 960 g/mol. The fourth-order valence-electron chi connectivity index (χ4n) is 18.0. The minimum absolute atomic E-state index is 0. The SMILES string of the molecule is C.C.C.C.C.C.C.C.C.C.C.C.C.C.C.C.CC[C@]12CC[C@H]3[C@H]([C@@H]1[C@@H]1C[C@@H]1[C@@]21C=CCO1)[C@H](C1CC1)CC1=CC(=O)CC[C@@H]13.C[C@]12CC[C@H]3[C@@H](CCC4=CC(=O)CC[C@@H]43)[C@@H]1[C@@H]1C[C@@H]1[C@@]21C=CCO1. The summed E-state index contributed by atoms with van der Waals surface area (Å²) >= 11 is 0. The average Bonchev–Trinajstić information content (AvgIpc) is 4.13. The number of ether oxygens (including phenoxy) is 2. The Morgan fingerprint density at radius 3 is 1.54 bits per heavy atom. The zero-order valence-corrected chi connectivity index (χ0v) is 31.9. The Bertz CT molecular complexity index is 1710. The van der Waals surface area contributed by atoms with Crippen molar-refractivity contribution in [2.75, 3.05) is 13.2 Å². The Morgan fingerprint density at radius 1 is 0.515 bits per heavy atom. The van der Waals surface area contributed by atoms with Gasteiger partial charge in [0.15, 0.2) is 11.6 Å². The Labute approximate surface area is 430 Å². The standard InChI is InChI=1S/C26H34O2.C22H28O2.16CH4/c1-2-25-10-8-19-18-7-6-17(27)12-16(18)13-20(15-4-5-15)23(19)24(25)21-14-22(21)26(25)9-3-11-28-26;1-21-9-7-16-15-6-4-14(23)11-13(15)3-5-17(16)20(21)18-12-19(18)22(21)8-2-10-24-22;;;;;;;;;;;;;;;;/h3,9,12,15,18-24H,2,4-8,10-11,13-14H2,1H3;2,8,11,15-20H,3-7,9-10,12H2,1H3;16*1H4/t18-,19+,20-,21+,22-,23-,24-,25-,26-;15-,16+,17+,18+,19-,20+,21-,22-;;;;;;;;;;;;;;;;/m00................/s1. The molecule has 0 aromatic rings. The molecular weight excluding hydrogens is 833 g/mol. The van der Waals surface area contributed by atoms with Crippen molar-refractivity contribution in [2.24, 2.45) is 93.7 Å². The van der Waals surface area contributed by atoms with Crippen LogP contribution in [0.5, 0.6) is 0 Å². The van der Waals surface area contributed by atoms with Crippen LogP contribution in [-0.4, -0.2) is 36.0 Å². The summed E-state index contributed by atoms with van der Waals surface area (Å²) in [5.74, 6) is 12.7. The molecule has 2 aliphatic heterocycles. The summed E-state index contributed by atoms with van der Waals surface area (Å²) in [6.07, 6.45) is 33.8. The van der Waals surface area contributed by atoms with Crippen molar-refractivity contribution in [3.05, 3.63) is 47.6 Å². The Morgan fingerprint density at radius 2 is 1.01 bits per heavy atom. The van der Waals surface area contributed by atoms with Crippen molar-refractivity contribution in [1.29, 1.82) is 0 Å². The summed E-state index contributed by atoms with van der Waals surface area (Å²) in [7, 11) is 0. The molecule has 2 spiro atoms. The van der Waals surface area contributed by atoms with E-state index in [1.165, 1.54) is 82.6 Å². The van der Waals surface area contributed by atoms with Gasteiger partial charge in [-0.2, -0.15) is 0 Å². The first-order valence-corrected chi connectivity index (χ1v) is 22.4. The second kappa shape index (κ2) is 25.7. The van der Waals surface area contributed by atoms with Gasteiger partial charge in [-0.05, 0) is 185 Å². The highest BCUT2D eigenvalue weighted by Crippen LogP contribution is 2.80. The van der Waals surface area contributed by atoms with E-state index in [9.17, 15) is 9.59 Å². The number of carbonyl (C=O) groups excluding carboxylic acids is 2. The van der Waals surface area contributed by atoms with Gasteiger partial charge in [-0.1, -0.05) is 168 Å². The number of allylic oxidation sites excluding steroid dienone is 2. The minimum Gasteiger partial charge on any atom is -0.366 e. The van der Waals surface area contributed by atoms with Crippen LogP contribution in [0.4, 0.5) is 0 Å². The summed E-state index contributed by atoms with van der Waals surface area (Å²) in [6.45, 7) is 6.70. The van der Waals surface area contributed by atoms with Gasteiger partial charge in [0.25, 0.3) is 0 Å². The van der Waals surface area contributed by atoms with Gasteiger partial charge in [0, 0.05) is 23.7 Å². The third kappa shape index (κ3) is 9.63. The smallest absolute Gasteiger partial charge is 0.155 e. The van der Waals surface area contributed by atoms with E-state index in [2.05, 4.69) is 44.2 Å². The number of fused-ring (bicyclic) bond motifs is 18. The van der Waals surface area contributed by atoms with Crippen molar-refractivity contribution in [3.8, 4) is 0 Å². The molecule has 13 rings (SSSR count). The second-order valence-corrected chi connectivity index (χ2v) is 21.1. The molecule has 0 bridgehead atoms. The van der Waals surface area contributed by atoms with Crippen LogP contribution in [0.3, 0.4) is 0 Å². The van der Waals surface area contributed by atoms with E-state index in [4.69, 9.17) is 9.47 Å². The molecule has 11 aliphatic carbocycles. The molecule has 0 radical (unpaired) electrons. The van der Waals surface area contributed by atoms with E-state index >= 15 is 0 Å². The molecule has 406 valence electrons. The monoisotopic (exact) mass is 959 g/mol. The van der Waals surface area contributed by atoms with Crippen LogP contribution in [0.15, 0.2) is 47.6 Å². The number of hydrogen-bond acceptors (Lipinski definition) is 4. The molecule has 4 heteroatoms. The second-order valence-electron chi connectivity index (χ2n) is 21.1. The van der Waals surface area contributed by atoms with Crippen molar-refractivity contribution in [1.82, 2.24) is 0 Å². The number of carbonyl (C=O) groups is 2. The lowest BCUT2D eigenvalue weighted by Crippen LogP contribution is -2.57. The normalized spacial score (nSPS) is 43.3. The lowest BCUT2D eigenvalue weighted by Gasteiger charge is -2.60. The van der Waals surface area contributed by atoms with Crippen molar-refractivity contribution in [2.45, 2.75) is 247 Å². The third-order valence-electron chi connectivity index (χ3n) is 19.8. The molecule has 13 aliphatic rings. The predicted molar refractivity (Wildman–Crippen MR) is 308 cm³/mol. The first kappa shape index (κ1) is 75.2. The molecule has 9 fully saturated rings. The minimum atomic E-state index is 0. The summed E-state index contributed by atoms with van der Waals surface area (Å²) in [4.78, 5) is 24.0. The lowest BCUT2D eigenvalue weighted by molar-refractivity contribution is -0.153. The van der Waals surface area contributed by atoms with Crippen molar-refractivity contribution >= 4 is 11.6 Å². The number of hydrogen-bond donors (Lipinski definition) is 0. The van der Waals surface area contributed by atoms with Gasteiger partial charge >= 0.3 is 0 Å². The number of ketones is 2. The molecule has 9 saturated carbocycles. The number of rotatable bonds is 2. The molecule has 0 unspecified atom stereocenters. The van der Waals surface area contributed by atoms with Gasteiger partial charge < -0.3 is 9.47 Å². The molecule has 0 amide bonds. The lowest BCUT2D eigenvalue weighted by atomic mass is 9.45. The summed E-state index contributed by atoms with van der Waals surface area (Å²) in [6, 6.07) is 0. The highest BCUT2D eigenvalue weighted by Gasteiger charge is 2.79. The Hall–Kier alpha value is -1.78. The van der Waals surface area contributed by atoms with Gasteiger partial charge in [0.2, 0.25) is 0 Å². The molecule has 17 atom stereocenters. The molecule has 0 N–H and O–H groups in total. The maximum absolute atomic E-state index is 12.2. The summed E-state index contributed by atoms with van der Waals surface area (Å²) in [5.41, 5.74) is 3.98. The van der Waals surface area contributed by atoms with Crippen molar-refractivity contribution < 1.29 is 19.1 Å². The molecule has 2 heterocycles. The van der Waals surface area contributed by atoms with E-state index in [0.29, 0.717) is 22.4 Å². The van der Waals surface area contributed by atoms with Crippen LogP contribution in [0, 0.1) is 93.7 Å². The fraction of sp³-hybridized carbons (Fsp3) is 0.844. The third-order valence-corrected chi connectivity index (χ3v) is 19.8. The van der Waals surface area contributed by atoms with E-state index in [-0.39, 0.29) is 130 Å². The Balaban J connectivity index is -0.000000317. The van der Waals surface area contributed by atoms with Gasteiger partial charge in [-0.25, -0.2) is 0 Å². The predicted octanol–water partition coefficient (Wildman–Crippen LogP) is 19.8. The molecule has 4 nitrogen and oxygen atoms in total. The van der Waals surface area contributed by atoms with Crippen LogP contribution >= 0.6 is 0 Å². The van der Waals surface area contributed by atoms with Gasteiger partial charge in [0.05, 0.1) is 24.4 Å². The molecule has 0 saturated heterocycles. The van der Waals surface area contributed by atoms with Gasteiger partial charge in [-0.15, -0.1) is 0 Å². The summed E-state index contributed by atoms with van der Waals surface area (Å²) < 4.78 is 13.1. The van der Waals surface area contributed by atoms with Gasteiger partial charge in [-0.3, -0.25) is 9.59 Å². The van der Waals surface area contributed by atoms with E-state index in [1.54, 1.807) is 5.57 Å². The van der Waals surface area contributed by atoms with E-state index in [1.807, 2.05) is 6.08 Å². The van der Waals surface area contributed by atoms with Crippen LogP contribution in [-0.2, 0) is 19.1 Å². The molecule has 0 aromatic heterocycles. The summed E-state index contributed by atoms with van der Waals surface area (Å²) in [5, 5.41) is 0. The van der Waals surface area contributed by atoms with Crippen LogP contribution < -0.4 is 0 Å². The first-order valence-electron chi connectivity index (χ1n) is 22.4. The molecule has 0 aromatic carbocycles. The maximum Gasteiger partial charge on any atom is 0.155 e. The largest absolute Gasteiger partial charge is 0.366 e. The fourth-order valence-corrected chi connectivity index (χ4v) is 18.0. The van der Waals surface area contributed by atoms with Crippen LogP contribution in [0.2, 0.25) is 0 Å². The molecule has 68 heavy (non-hydrogen) atoms. The highest BCUT2D eigenvalue weighted by molar-refractivity contribution is 5.91. The molecular formula is C64H126O4. The zero-order valence-electron chi connectivity index (χ0n) is 31.9. The van der Waals surface area contributed by atoms with E-state index in [0.717, 1.165) is 122 Å². The van der Waals surface area contributed by atoms with Gasteiger partial charge in [0.1, 0.15) is 0 Å². The van der Waals surface area contributed by atoms with Crippen LogP contribution in [0.1, 0.15) is 235 Å². The maximum atomic E-state index is 12.2. The zero-order chi connectivity index (χ0) is 34.8. The highest BCUT2D eigenvalue weighted by atomic mass is 16.5. The topological polar surface area (TPSA) is 52.6 Å². The Kier molecular flexibility index (Phi) is 28.5. The van der Waals surface area contributed by atoms with E-state index < -0.39 is 0 Å². The van der Waals surface area contributed by atoms with Crippen molar-refractivity contribution in [3.63, 3.8) is 0 Å². The quantitative estimate of drug-likeness (QED) is 0.259. The first-order chi connectivity index (χ1) is 25.3. The van der Waals surface area contributed by atoms with Crippen LogP contribution in [0.25, 0.3) is 0 Å².